The molecule has 0 unspecified atom stereocenters. The van der Waals surface area contributed by atoms with Gasteiger partial charge in [0, 0.05) is 23.3 Å². The summed E-state index contributed by atoms with van der Waals surface area (Å²) < 4.78 is 5.57. The molecule has 19 heavy (non-hydrogen) atoms. The molecular weight excluding hydrogens is 262 g/mol. The summed E-state index contributed by atoms with van der Waals surface area (Å²) in [5.41, 5.74) is 8.92. The van der Waals surface area contributed by atoms with Gasteiger partial charge in [-0.3, -0.25) is 0 Å². The summed E-state index contributed by atoms with van der Waals surface area (Å²) in [5.74, 6) is 0. The van der Waals surface area contributed by atoms with E-state index in [0.29, 0.717) is 23.8 Å². The van der Waals surface area contributed by atoms with Gasteiger partial charge in [0.05, 0.1) is 0 Å². The van der Waals surface area contributed by atoms with Crippen LogP contribution in [0.15, 0.2) is 46.9 Å². The smallest absolute Gasteiger partial charge is 0.295 e. The molecule has 0 fully saturated rings. The van der Waals surface area contributed by atoms with Crippen LogP contribution < -0.4 is 11.1 Å². The minimum atomic E-state index is 0.482. The minimum absolute atomic E-state index is 0.482. The van der Waals surface area contributed by atoms with Crippen molar-refractivity contribution >= 4 is 34.4 Å². The predicted molar refractivity (Wildman–Crippen MR) is 77.2 cm³/mol. The Morgan fingerprint density at radius 2 is 1.95 bits per heavy atom. The van der Waals surface area contributed by atoms with Crippen molar-refractivity contribution in [2.24, 2.45) is 0 Å². The molecule has 0 atom stereocenters. The molecule has 0 aliphatic carbocycles. The van der Waals surface area contributed by atoms with Crippen LogP contribution in [0.4, 0.5) is 11.7 Å². The van der Waals surface area contributed by atoms with Crippen molar-refractivity contribution in [3.8, 4) is 0 Å². The van der Waals surface area contributed by atoms with Crippen LogP contribution in [0, 0.1) is 0 Å². The Bertz CT molecular complexity index is 706. The summed E-state index contributed by atoms with van der Waals surface area (Å²) in [6.07, 6.45) is 0. The molecule has 0 radical (unpaired) electrons. The number of anilines is 2. The monoisotopic (exact) mass is 273 g/mol. The first-order valence-corrected chi connectivity index (χ1v) is 6.23. The van der Waals surface area contributed by atoms with Crippen LogP contribution in [-0.4, -0.2) is 4.98 Å². The van der Waals surface area contributed by atoms with Gasteiger partial charge >= 0.3 is 0 Å². The molecule has 0 aliphatic rings. The fourth-order valence-electron chi connectivity index (χ4n) is 1.80. The largest absolute Gasteiger partial charge is 0.423 e. The Kier molecular flexibility index (Phi) is 3.01. The van der Waals surface area contributed by atoms with Gasteiger partial charge < -0.3 is 15.5 Å². The highest BCUT2D eigenvalue weighted by molar-refractivity contribution is 6.30. The zero-order valence-electron chi connectivity index (χ0n) is 10.1. The molecular formula is C14H12ClN3O. The molecule has 0 saturated heterocycles. The number of nitrogens with zero attached hydrogens (tertiary/aromatic N) is 1. The highest BCUT2D eigenvalue weighted by Gasteiger charge is 2.05. The second kappa shape index (κ2) is 4.82. The van der Waals surface area contributed by atoms with E-state index in [2.05, 4.69) is 10.3 Å². The van der Waals surface area contributed by atoms with Crippen molar-refractivity contribution in [2.75, 3.05) is 11.1 Å². The number of benzene rings is 2. The summed E-state index contributed by atoms with van der Waals surface area (Å²) in [6, 6.07) is 13.5. The second-order valence-corrected chi connectivity index (χ2v) is 4.66. The highest BCUT2D eigenvalue weighted by Crippen LogP contribution is 2.21. The summed E-state index contributed by atoms with van der Waals surface area (Å²) in [6.45, 7) is 0.624. The number of nitrogens with one attached hydrogen (secondary N) is 1. The molecule has 4 nitrogen and oxygen atoms in total. The lowest BCUT2D eigenvalue weighted by Gasteiger charge is -2.01. The van der Waals surface area contributed by atoms with Crippen LogP contribution >= 0.6 is 11.6 Å². The van der Waals surface area contributed by atoms with Gasteiger partial charge in [-0.25, -0.2) is 0 Å². The Morgan fingerprint density at radius 1 is 1.16 bits per heavy atom. The van der Waals surface area contributed by atoms with Gasteiger partial charge in [0.25, 0.3) is 6.01 Å². The number of hydrogen-bond donors (Lipinski definition) is 2. The Morgan fingerprint density at radius 3 is 2.74 bits per heavy atom. The van der Waals surface area contributed by atoms with Crippen LogP contribution in [0.25, 0.3) is 11.1 Å². The Balaban J connectivity index is 1.76. The molecule has 3 rings (SSSR count). The van der Waals surface area contributed by atoms with E-state index >= 15 is 0 Å². The van der Waals surface area contributed by atoms with E-state index in [0.717, 1.165) is 16.1 Å². The van der Waals surface area contributed by atoms with Crippen molar-refractivity contribution in [3.63, 3.8) is 0 Å². The van der Waals surface area contributed by atoms with E-state index in [1.54, 1.807) is 12.1 Å². The number of rotatable bonds is 3. The quantitative estimate of drug-likeness (QED) is 0.715. The van der Waals surface area contributed by atoms with E-state index in [-0.39, 0.29) is 0 Å². The maximum Gasteiger partial charge on any atom is 0.295 e. The maximum atomic E-state index is 5.83. The van der Waals surface area contributed by atoms with Crippen molar-refractivity contribution in [2.45, 2.75) is 6.54 Å². The first kappa shape index (κ1) is 11.9. The molecule has 0 aliphatic heterocycles. The SMILES string of the molecule is Nc1ccc2nc(NCc3ccc(Cl)cc3)oc2c1. The lowest BCUT2D eigenvalue weighted by atomic mass is 10.2. The number of halogens is 1. The number of oxazole rings is 1. The van der Waals surface area contributed by atoms with E-state index < -0.39 is 0 Å². The maximum absolute atomic E-state index is 5.83. The van der Waals surface area contributed by atoms with Gasteiger partial charge in [0.1, 0.15) is 5.52 Å². The summed E-state index contributed by atoms with van der Waals surface area (Å²) in [7, 11) is 0. The number of fused-ring (bicyclic) bond motifs is 1. The fourth-order valence-corrected chi connectivity index (χ4v) is 1.92. The van der Waals surface area contributed by atoms with E-state index in [1.165, 1.54) is 0 Å². The van der Waals surface area contributed by atoms with Gasteiger partial charge in [-0.05, 0) is 29.8 Å². The van der Waals surface area contributed by atoms with Crippen LogP contribution in [0.1, 0.15) is 5.56 Å². The van der Waals surface area contributed by atoms with Gasteiger partial charge in [0.2, 0.25) is 0 Å². The van der Waals surface area contributed by atoms with Crippen LogP contribution in [-0.2, 0) is 6.54 Å². The number of nitrogen functional groups attached to an aromatic ring is 1. The van der Waals surface area contributed by atoms with Gasteiger partial charge in [0.15, 0.2) is 5.58 Å². The molecule has 3 aromatic rings. The average Bonchev–Trinajstić information content (AvgIpc) is 2.80. The first-order chi connectivity index (χ1) is 9.20. The normalized spacial score (nSPS) is 10.8. The topological polar surface area (TPSA) is 64.1 Å². The standard InChI is InChI=1S/C14H12ClN3O/c15-10-3-1-9(2-4-10)8-17-14-18-12-6-5-11(16)7-13(12)19-14/h1-7H,8,16H2,(H,17,18). The summed E-state index contributed by atoms with van der Waals surface area (Å²) >= 11 is 5.83. The highest BCUT2D eigenvalue weighted by atomic mass is 35.5. The van der Waals surface area contributed by atoms with Crippen molar-refractivity contribution < 1.29 is 4.42 Å². The third-order valence-corrected chi connectivity index (χ3v) is 3.02. The minimum Gasteiger partial charge on any atom is -0.423 e. The molecule has 5 heteroatoms. The van der Waals surface area contributed by atoms with Crippen LogP contribution in [0.2, 0.25) is 5.02 Å². The number of nitrogens with two attached hydrogens (primary N) is 1. The molecule has 3 N–H and O–H groups in total. The van der Waals surface area contributed by atoms with E-state index in [4.69, 9.17) is 21.8 Å². The average molecular weight is 274 g/mol. The second-order valence-electron chi connectivity index (χ2n) is 4.23. The molecule has 1 heterocycles. The Labute approximate surface area is 115 Å². The molecule has 2 aromatic carbocycles. The first-order valence-electron chi connectivity index (χ1n) is 5.85. The van der Waals surface area contributed by atoms with E-state index in [1.807, 2.05) is 30.3 Å². The third-order valence-electron chi connectivity index (χ3n) is 2.77. The molecule has 0 spiro atoms. The zero-order valence-corrected chi connectivity index (χ0v) is 10.8. The summed E-state index contributed by atoms with van der Waals surface area (Å²) in [4.78, 5) is 4.33. The van der Waals surface area contributed by atoms with Crippen molar-refractivity contribution in [1.82, 2.24) is 4.98 Å². The molecule has 96 valence electrons. The lowest BCUT2D eigenvalue weighted by molar-refractivity contribution is 0.614. The van der Waals surface area contributed by atoms with E-state index in [9.17, 15) is 0 Å². The van der Waals surface area contributed by atoms with Gasteiger partial charge in [-0.15, -0.1) is 0 Å². The lowest BCUT2D eigenvalue weighted by Crippen LogP contribution is -1.98. The summed E-state index contributed by atoms with van der Waals surface area (Å²) in [5, 5.41) is 3.85. The molecule has 1 aromatic heterocycles. The third kappa shape index (κ3) is 2.63. The fraction of sp³-hybridized carbons (Fsp3) is 0.0714. The van der Waals surface area contributed by atoms with Crippen LogP contribution in [0.3, 0.4) is 0 Å². The Hall–Kier alpha value is -2.20. The van der Waals surface area contributed by atoms with Gasteiger partial charge in [-0.1, -0.05) is 23.7 Å². The molecule has 0 saturated carbocycles. The number of aromatic nitrogens is 1. The molecule has 0 bridgehead atoms. The van der Waals surface area contributed by atoms with Crippen LogP contribution in [0.5, 0.6) is 0 Å². The predicted octanol–water partition coefficient (Wildman–Crippen LogP) is 3.68. The van der Waals surface area contributed by atoms with Crippen molar-refractivity contribution in [1.29, 1.82) is 0 Å². The molecule has 0 amide bonds. The number of hydrogen-bond acceptors (Lipinski definition) is 4. The van der Waals surface area contributed by atoms with Gasteiger partial charge in [-0.2, -0.15) is 4.98 Å². The zero-order chi connectivity index (χ0) is 13.2. The van der Waals surface area contributed by atoms with Crippen molar-refractivity contribution in [3.05, 3.63) is 53.1 Å².